The smallest absolute Gasteiger partial charge is 0.135 e. The maximum absolute atomic E-state index is 5.95. The van der Waals surface area contributed by atoms with Crippen molar-refractivity contribution in [2.45, 2.75) is 24.8 Å². The van der Waals surface area contributed by atoms with Gasteiger partial charge in [-0.3, -0.25) is 4.98 Å². The van der Waals surface area contributed by atoms with Gasteiger partial charge in [0, 0.05) is 33.9 Å². The van der Waals surface area contributed by atoms with Gasteiger partial charge in [0.2, 0.25) is 0 Å². The molecule has 0 spiro atoms. The Hall–Kier alpha value is -2.31. The first-order valence-corrected chi connectivity index (χ1v) is 10.5. The van der Waals surface area contributed by atoms with Gasteiger partial charge in [-0.05, 0) is 50.4 Å². The second-order valence-corrected chi connectivity index (χ2v) is 7.94. The largest absolute Gasteiger partial charge is 0.490 e. The van der Waals surface area contributed by atoms with E-state index in [0.29, 0.717) is 0 Å². The van der Waals surface area contributed by atoms with Gasteiger partial charge in [0.25, 0.3) is 0 Å². The fraction of sp³-hybridized carbons (Fsp3) is 0.200. The zero-order chi connectivity index (χ0) is 18.1. The molecule has 0 bridgehead atoms. The van der Waals surface area contributed by atoms with Crippen LogP contribution in [0.4, 0.5) is 11.4 Å². The van der Waals surface area contributed by atoms with Crippen LogP contribution in [0.5, 0.6) is 5.75 Å². The molecule has 0 saturated heterocycles. The number of anilines is 2. The molecule has 26 heavy (non-hydrogen) atoms. The van der Waals surface area contributed by atoms with E-state index in [0.717, 1.165) is 38.4 Å². The summed E-state index contributed by atoms with van der Waals surface area (Å²) in [5, 5.41) is 4.59. The van der Waals surface area contributed by atoms with Crippen molar-refractivity contribution in [1.29, 1.82) is 0 Å². The minimum atomic E-state index is 0.129. The molecule has 0 aliphatic heterocycles. The van der Waals surface area contributed by atoms with Crippen LogP contribution < -0.4 is 10.1 Å². The summed E-state index contributed by atoms with van der Waals surface area (Å²) in [6, 6.07) is 12.4. The zero-order valence-electron chi connectivity index (χ0n) is 14.8. The number of nitrogens with zero attached hydrogens (tertiary/aromatic N) is 2. The molecule has 0 atom stereocenters. The molecular formula is C20H19N3OS2. The van der Waals surface area contributed by atoms with Crippen molar-refractivity contribution in [3.63, 3.8) is 0 Å². The van der Waals surface area contributed by atoms with Crippen molar-refractivity contribution in [2.75, 3.05) is 11.6 Å². The Morgan fingerprint density at radius 1 is 1.08 bits per heavy atom. The van der Waals surface area contributed by atoms with Crippen LogP contribution in [0.3, 0.4) is 0 Å². The molecule has 0 fully saturated rings. The number of hydrogen-bond acceptors (Lipinski definition) is 6. The molecule has 6 heteroatoms. The number of rotatable bonds is 5. The summed E-state index contributed by atoms with van der Waals surface area (Å²) in [5.41, 5.74) is 5.84. The quantitative estimate of drug-likeness (QED) is 0.423. The Morgan fingerprint density at radius 3 is 2.77 bits per heavy atom. The highest BCUT2D eigenvalue weighted by Gasteiger charge is 2.11. The number of thioether (sulfide) groups is 1. The van der Waals surface area contributed by atoms with Gasteiger partial charge in [-0.25, -0.2) is 4.98 Å². The second-order valence-electron chi connectivity index (χ2n) is 6.21. The van der Waals surface area contributed by atoms with Gasteiger partial charge < -0.3 is 10.1 Å². The van der Waals surface area contributed by atoms with Gasteiger partial charge in [0.15, 0.2) is 0 Å². The second kappa shape index (κ2) is 7.13. The standard InChI is InChI=1S/C20H19N3OS2/c1-12(2)24-18-10-16-14(9-20(18)25-3)15(6-7-21-16)23-13-4-5-19-17(8-13)22-11-26-19/h4-12H,1-3H3,(H,21,23). The minimum Gasteiger partial charge on any atom is -0.490 e. The van der Waals surface area contributed by atoms with E-state index in [1.807, 2.05) is 37.7 Å². The molecular weight excluding hydrogens is 362 g/mol. The fourth-order valence-electron chi connectivity index (χ4n) is 2.86. The first-order valence-electron chi connectivity index (χ1n) is 8.38. The maximum Gasteiger partial charge on any atom is 0.135 e. The van der Waals surface area contributed by atoms with Gasteiger partial charge in [-0.2, -0.15) is 0 Å². The van der Waals surface area contributed by atoms with E-state index in [2.05, 4.69) is 45.8 Å². The number of nitrogens with one attached hydrogen (secondary N) is 1. The summed E-state index contributed by atoms with van der Waals surface area (Å²) >= 11 is 3.33. The highest BCUT2D eigenvalue weighted by Crippen LogP contribution is 2.36. The zero-order valence-corrected chi connectivity index (χ0v) is 16.4. The van der Waals surface area contributed by atoms with Crippen LogP contribution in [0.2, 0.25) is 0 Å². The van der Waals surface area contributed by atoms with E-state index < -0.39 is 0 Å². The van der Waals surface area contributed by atoms with Gasteiger partial charge in [0.1, 0.15) is 5.75 Å². The molecule has 0 unspecified atom stereocenters. The average molecular weight is 382 g/mol. The fourth-order valence-corrected chi connectivity index (χ4v) is 4.06. The van der Waals surface area contributed by atoms with E-state index in [1.165, 1.54) is 4.70 Å². The Labute approximate surface area is 160 Å². The van der Waals surface area contributed by atoms with Gasteiger partial charge in [-0.1, -0.05) is 0 Å². The summed E-state index contributed by atoms with van der Waals surface area (Å²) in [4.78, 5) is 10.0. The summed E-state index contributed by atoms with van der Waals surface area (Å²) < 4.78 is 7.14. The summed E-state index contributed by atoms with van der Waals surface area (Å²) in [7, 11) is 0. The molecule has 4 rings (SSSR count). The predicted molar refractivity (Wildman–Crippen MR) is 112 cm³/mol. The maximum atomic E-state index is 5.95. The molecule has 2 heterocycles. The Morgan fingerprint density at radius 2 is 1.96 bits per heavy atom. The minimum absolute atomic E-state index is 0.129. The molecule has 132 valence electrons. The lowest BCUT2D eigenvalue weighted by atomic mass is 10.1. The Balaban J connectivity index is 1.76. The van der Waals surface area contributed by atoms with Crippen LogP contribution >= 0.6 is 23.1 Å². The molecule has 1 N–H and O–H groups in total. The van der Waals surface area contributed by atoms with E-state index in [1.54, 1.807) is 23.1 Å². The van der Waals surface area contributed by atoms with Crippen molar-refractivity contribution < 1.29 is 4.74 Å². The monoisotopic (exact) mass is 381 g/mol. The molecule has 0 aliphatic carbocycles. The normalized spacial score (nSPS) is 11.4. The van der Waals surface area contributed by atoms with Gasteiger partial charge in [0.05, 0.1) is 27.3 Å². The third-order valence-corrected chi connectivity index (χ3v) is 5.57. The first-order chi connectivity index (χ1) is 12.6. The lowest BCUT2D eigenvalue weighted by Gasteiger charge is -2.16. The average Bonchev–Trinajstić information content (AvgIpc) is 3.08. The van der Waals surface area contributed by atoms with Crippen molar-refractivity contribution in [1.82, 2.24) is 9.97 Å². The number of ether oxygens (including phenoxy) is 1. The highest BCUT2D eigenvalue weighted by atomic mass is 32.2. The van der Waals surface area contributed by atoms with Crippen LogP contribution in [-0.2, 0) is 0 Å². The summed E-state index contributed by atoms with van der Waals surface area (Å²) in [6.07, 6.45) is 4.02. The summed E-state index contributed by atoms with van der Waals surface area (Å²) in [5.74, 6) is 0.883. The number of aromatic nitrogens is 2. The molecule has 4 nitrogen and oxygen atoms in total. The van der Waals surface area contributed by atoms with E-state index in [9.17, 15) is 0 Å². The topological polar surface area (TPSA) is 47.0 Å². The number of pyridine rings is 1. The lowest BCUT2D eigenvalue weighted by molar-refractivity contribution is 0.237. The van der Waals surface area contributed by atoms with Crippen molar-refractivity contribution in [2.24, 2.45) is 0 Å². The van der Waals surface area contributed by atoms with Gasteiger partial charge in [-0.15, -0.1) is 23.1 Å². The lowest BCUT2D eigenvalue weighted by Crippen LogP contribution is -2.06. The third kappa shape index (κ3) is 3.34. The molecule has 0 saturated carbocycles. The number of thiazole rings is 1. The first kappa shape index (κ1) is 17.1. The van der Waals surface area contributed by atoms with Crippen molar-refractivity contribution >= 4 is 55.6 Å². The van der Waals surface area contributed by atoms with E-state index in [4.69, 9.17) is 4.74 Å². The van der Waals surface area contributed by atoms with Crippen molar-refractivity contribution in [3.05, 3.63) is 48.1 Å². The predicted octanol–water partition coefficient (Wildman–Crippen LogP) is 6.10. The Bertz CT molecular complexity index is 1080. The number of hydrogen-bond donors (Lipinski definition) is 1. The molecule has 2 aromatic carbocycles. The highest BCUT2D eigenvalue weighted by molar-refractivity contribution is 7.98. The third-order valence-electron chi connectivity index (χ3n) is 4.00. The molecule has 0 amide bonds. The molecule has 0 radical (unpaired) electrons. The van der Waals surface area contributed by atoms with Crippen LogP contribution in [0, 0.1) is 0 Å². The molecule has 4 aromatic rings. The number of benzene rings is 2. The van der Waals surface area contributed by atoms with Crippen LogP contribution in [-0.4, -0.2) is 22.3 Å². The van der Waals surface area contributed by atoms with Crippen LogP contribution in [0.25, 0.3) is 21.1 Å². The molecule has 2 aromatic heterocycles. The van der Waals surface area contributed by atoms with Crippen LogP contribution in [0.15, 0.2) is 53.0 Å². The SMILES string of the molecule is CSc1cc2c(Nc3ccc4scnc4c3)ccnc2cc1OC(C)C. The molecule has 0 aliphatic rings. The number of fused-ring (bicyclic) bond motifs is 2. The van der Waals surface area contributed by atoms with Crippen molar-refractivity contribution in [3.8, 4) is 5.75 Å². The summed E-state index contributed by atoms with van der Waals surface area (Å²) in [6.45, 7) is 4.07. The van der Waals surface area contributed by atoms with Crippen LogP contribution in [0.1, 0.15) is 13.8 Å². The van der Waals surface area contributed by atoms with E-state index in [-0.39, 0.29) is 6.10 Å². The Kier molecular flexibility index (Phi) is 4.70. The van der Waals surface area contributed by atoms with E-state index >= 15 is 0 Å². The van der Waals surface area contributed by atoms with Gasteiger partial charge >= 0.3 is 0 Å².